The molecule has 1 aliphatic carbocycles. The fourth-order valence-electron chi connectivity index (χ4n) is 3.13. The maximum absolute atomic E-state index is 12.6. The second-order valence-corrected chi connectivity index (χ2v) is 5.57. The highest BCUT2D eigenvalue weighted by molar-refractivity contribution is 6.54. The summed E-state index contributed by atoms with van der Waals surface area (Å²) in [5, 5.41) is 11.2. The maximum atomic E-state index is 12.6. The molecule has 0 atom stereocenters. The van der Waals surface area contributed by atoms with Crippen molar-refractivity contribution in [3.63, 3.8) is 0 Å². The monoisotopic (exact) mass is 292 g/mol. The molecule has 4 rings (SSSR count). The molecule has 3 aromatic rings. The summed E-state index contributed by atoms with van der Waals surface area (Å²) in [7, 11) is 0. The predicted octanol–water partition coefficient (Wildman–Crippen LogP) is 3.80. The van der Waals surface area contributed by atoms with Crippen molar-refractivity contribution >= 4 is 22.3 Å². The van der Waals surface area contributed by atoms with Gasteiger partial charge in [0.05, 0.1) is 11.8 Å². The van der Waals surface area contributed by atoms with Crippen LogP contribution in [0.4, 0.5) is 0 Å². The van der Waals surface area contributed by atoms with Crippen LogP contribution >= 0.6 is 0 Å². The lowest BCUT2D eigenvalue weighted by Gasteiger charge is -2.17. The molecule has 0 saturated carbocycles. The van der Waals surface area contributed by atoms with Crippen molar-refractivity contribution in [1.29, 1.82) is 0 Å². The zero-order valence-electron chi connectivity index (χ0n) is 12.1. The molecule has 1 N–H and O–H groups in total. The van der Waals surface area contributed by atoms with E-state index in [0.717, 1.165) is 5.39 Å². The van der Waals surface area contributed by atoms with Crippen LogP contribution in [0.15, 0.2) is 34.9 Å². The molecule has 0 aliphatic heterocycles. The lowest BCUT2D eigenvalue weighted by molar-refractivity contribution is 0.0815. The van der Waals surface area contributed by atoms with E-state index in [2.05, 4.69) is 0 Å². The van der Waals surface area contributed by atoms with Crippen molar-refractivity contribution < 1.29 is 19.1 Å². The number of carbonyl (C=O) groups is 2. The SMILES string of the molecule is Cc1coc2c1C(=O)C(=O)c1c-2ccc2c(C)c(O)ccc12. The van der Waals surface area contributed by atoms with Crippen molar-refractivity contribution in [3.8, 4) is 17.1 Å². The van der Waals surface area contributed by atoms with Gasteiger partial charge in [-0.05, 0) is 53.9 Å². The standard InChI is InChI=1S/C18H12O4/c1-8-7-22-18-12-4-3-10-9(2)13(19)6-5-11(10)15(12)17(21)16(20)14(8)18/h3-7,19H,1-2H3. The highest BCUT2D eigenvalue weighted by atomic mass is 16.3. The molecule has 0 fully saturated rings. The Bertz CT molecular complexity index is 992. The number of carbonyl (C=O) groups excluding carboxylic acids is 2. The summed E-state index contributed by atoms with van der Waals surface area (Å²) >= 11 is 0. The Balaban J connectivity index is 2.18. The van der Waals surface area contributed by atoms with Crippen LogP contribution in [0.5, 0.6) is 5.75 Å². The maximum Gasteiger partial charge on any atom is 0.237 e. The average Bonchev–Trinajstić information content (AvgIpc) is 2.90. The van der Waals surface area contributed by atoms with Crippen LogP contribution < -0.4 is 0 Å². The van der Waals surface area contributed by atoms with Crippen molar-refractivity contribution in [1.82, 2.24) is 0 Å². The molecular formula is C18H12O4. The minimum absolute atomic E-state index is 0.163. The second kappa shape index (κ2) is 4.07. The number of furan rings is 1. The van der Waals surface area contributed by atoms with Crippen LogP contribution in [0.3, 0.4) is 0 Å². The summed E-state index contributed by atoms with van der Waals surface area (Å²) < 4.78 is 5.51. The van der Waals surface area contributed by atoms with Gasteiger partial charge >= 0.3 is 0 Å². The van der Waals surface area contributed by atoms with Gasteiger partial charge in [0, 0.05) is 11.1 Å². The zero-order chi connectivity index (χ0) is 15.6. The quantitative estimate of drug-likeness (QED) is 0.640. The topological polar surface area (TPSA) is 67.5 Å². The van der Waals surface area contributed by atoms with Gasteiger partial charge in [0.15, 0.2) is 0 Å². The number of phenolic OH excluding ortho intramolecular Hbond substituents is 1. The second-order valence-electron chi connectivity index (χ2n) is 5.57. The number of phenols is 1. The van der Waals surface area contributed by atoms with E-state index in [1.807, 2.05) is 6.07 Å². The molecule has 22 heavy (non-hydrogen) atoms. The van der Waals surface area contributed by atoms with Gasteiger partial charge in [0.1, 0.15) is 11.5 Å². The third kappa shape index (κ3) is 1.41. The Morgan fingerprint density at radius 3 is 2.36 bits per heavy atom. The minimum Gasteiger partial charge on any atom is -0.508 e. The Kier molecular flexibility index (Phi) is 2.37. The normalized spacial score (nSPS) is 13.4. The Hall–Kier alpha value is -2.88. The molecule has 0 radical (unpaired) electrons. The summed E-state index contributed by atoms with van der Waals surface area (Å²) in [5.41, 5.74) is 2.69. The molecular weight excluding hydrogens is 280 g/mol. The summed E-state index contributed by atoms with van der Waals surface area (Å²) in [6, 6.07) is 6.82. The molecule has 0 unspecified atom stereocenters. The summed E-state index contributed by atoms with van der Waals surface area (Å²) in [6.07, 6.45) is 1.50. The first-order valence-electron chi connectivity index (χ1n) is 6.93. The Labute approximate surface area is 126 Å². The number of Topliss-reactive ketones (excluding diaryl/α,β-unsaturated/α-hetero) is 2. The van der Waals surface area contributed by atoms with Gasteiger partial charge in [-0.15, -0.1) is 0 Å². The molecule has 0 spiro atoms. The molecule has 1 aliphatic rings. The van der Waals surface area contributed by atoms with Crippen molar-refractivity contribution in [2.45, 2.75) is 13.8 Å². The van der Waals surface area contributed by atoms with Crippen molar-refractivity contribution in [3.05, 3.63) is 52.8 Å². The molecule has 1 aromatic heterocycles. The number of ketones is 2. The van der Waals surface area contributed by atoms with E-state index in [1.165, 1.54) is 6.26 Å². The van der Waals surface area contributed by atoms with Gasteiger partial charge in [0.25, 0.3) is 0 Å². The summed E-state index contributed by atoms with van der Waals surface area (Å²) in [4.78, 5) is 25.0. The van der Waals surface area contributed by atoms with Crippen LogP contribution in [0.1, 0.15) is 31.8 Å². The Morgan fingerprint density at radius 1 is 0.909 bits per heavy atom. The van der Waals surface area contributed by atoms with Crippen LogP contribution in [-0.2, 0) is 0 Å². The van der Waals surface area contributed by atoms with Crippen LogP contribution in [-0.4, -0.2) is 16.7 Å². The van der Waals surface area contributed by atoms with Gasteiger partial charge in [-0.1, -0.05) is 6.07 Å². The Morgan fingerprint density at radius 2 is 1.59 bits per heavy atom. The number of hydrogen-bond acceptors (Lipinski definition) is 4. The lowest BCUT2D eigenvalue weighted by atomic mass is 9.83. The highest BCUT2D eigenvalue weighted by Gasteiger charge is 2.35. The molecule has 0 bridgehead atoms. The van der Waals surface area contributed by atoms with E-state index in [-0.39, 0.29) is 5.75 Å². The largest absolute Gasteiger partial charge is 0.508 e. The lowest BCUT2D eigenvalue weighted by Crippen LogP contribution is -2.21. The first kappa shape index (κ1) is 12.8. The van der Waals surface area contributed by atoms with Gasteiger partial charge < -0.3 is 9.52 Å². The molecule has 108 valence electrons. The summed E-state index contributed by atoms with van der Waals surface area (Å²) in [5.74, 6) is -0.448. The summed E-state index contributed by atoms with van der Waals surface area (Å²) in [6.45, 7) is 3.53. The smallest absolute Gasteiger partial charge is 0.237 e. The third-order valence-electron chi connectivity index (χ3n) is 4.32. The highest BCUT2D eigenvalue weighted by Crippen LogP contribution is 2.41. The minimum atomic E-state index is -0.535. The van der Waals surface area contributed by atoms with Crippen LogP contribution in [0.2, 0.25) is 0 Å². The molecule has 0 amide bonds. The molecule has 4 nitrogen and oxygen atoms in total. The fourth-order valence-corrected chi connectivity index (χ4v) is 3.13. The van der Waals surface area contributed by atoms with E-state index in [0.29, 0.717) is 39.0 Å². The average molecular weight is 292 g/mol. The van der Waals surface area contributed by atoms with Crippen molar-refractivity contribution in [2.24, 2.45) is 0 Å². The molecule has 0 saturated heterocycles. The van der Waals surface area contributed by atoms with Crippen molar-refractivity contribution in [2.75, 3.05) is 0 Å². The first-order valence-corrected chi connectivity index (χ1v) is 6.93. The predicted molar refractivity (Wildman–Crippen MR) is 81.4 cm³/mol. The number of fused-ring (bicyclic) bond motifs is 5. The third-order valence-corrected chi connectivity index (χ3v) is 4.32. The number of benzene rings is 2. The van der Waals surface area contributed by atoms with Gasteiger partial charge in [-0.3, -0.25) is 9.59 Å². The van der Waals surface area contributed by atoms with Gasteiger partial charge in [0.2, 0.25) is 11.6 Å². The van der Waals surface area contributed by atoms with Gasteiger partial charge in [-0.25, -0.2) is 0 Å². The zero-order valence-corrected chi connectivity index (χ0v) is 12.1. The van der Waals surface area contributed by atoms with E-state index >= 15 is 0 Å². The van der Waals surface area contributed by atoms with Crippen LogP contribution in [0, 0.1) is 13.8 Å². The fraction of sp³-hybridized carbons (Fsp3) is 0.111. The molecule has 4 heteroatoms. The van der Waals surface area contributed by atoms with E-state index < -0.39 is 11.6 Å². The van der Waals surface area contributed by atoms with Gasteiger partial charge in [-0.2, -0.15) is 0 Å². The first-order chi connectivity index (χ1) is 10.5. The molecule has 1 heterocycles. The van der Waals surface area contributed by atoms with Crippen LogP contribution in [0.25, 0.3) is 22.1 Å². The van der Waals surface area contributed by atoms with E-state index in [9.17, 15) is 14.7 Å². The van der Waals surface area contributed by atoms with E-state index in [4.69, 9.17) is 4.42 Å². The van der Waals surface area contributed by atoms with E-state index in [1.54, 1.807) is 32.0 Å². The number of aromatic hydroxyl groups is 1. The number of rotatable bonds is 0. The molecule has 2 aromatic carbocycles. The number of hydrogen-bond donors (Lipinski definition) is 1. The number of aryl methyl sites for hydroxylation is 2.